The highest BCUT2D eigenvalue weighted by Crippen LogP contribution is 2.33. The van der Waals surface area contributed by atoms with Crippen LogP contribution in [-0.2, 0) is 10.2 Å². The molecule has 112 valence electrons. The van der Waals surface area contributed by atoms with Gasteiger partial charge in [0, 0.05) is 45.6 Å². The third kappa shape index (κ3) is 3.35. The minimum absolute atomic E-state index is 0.387. The van der Waals surface area contributed by atoms with Gasteiger partial charge in [-0.05, 0) is 6.42 Å². The van der Waals surface area contributed by atoms with Crippen LogP contribution in [0.15, 0.2) is 12.4 Å². The molecule has 1 aromatic rings. The summed E-state index contributed by atoms with van der Waals surface area (Å²) in [5.74, 6) is 0. The molecule has 6 nitrogen and oxygen atoms in total. The van der Waals surface area contributed by atoms with Crippen molar-refractivity contribution in [2.45, 2.75) is 6.42 Å². The summed E-state index contributed by atoms with van der Waals surface area (Å²) in [6.45, 7) is 2.09. The van der Waals surface area contributed by atoms with E-state index in [1.54, 1.807) is 0 Å². The van der Waals surface area contributed by atoms with Crippen LogP contribution in [0.5, 0.6) is 0 Å². The minimum Gasteiger partial charge on any atom is -0.368 e. The van der Waals surface area contributed by atoms with Gasteiger partial charge in [-0.2, -0.15) is 12.7 Å². The van der Waals surface area contributed by atoms with Gasteiger partial charge < -0.3 is 4.90 Å². The van der Waals surface area contributed by atoms with Crippen LogP contribution in [0.1, 0.15) is 6.42 Å². The van der Waals surface area contributed by atoms with Crippen molar-refractivity contribution in [1.82, 2.24) is 14.0 Å². The number of nitrogens with one attached hydrogen (secondary N) is 1. The molecule has 1 saturated heterocycles. The smallest absolute Gasteiger partial charge is 0.279 e. The Balaban J connectivity index is 2.18. The number of pyridine rings is 1. The molecule has 0 atom stereocenters. The molecule has 20 heavy (non-hydrogen) atoms. The molecule has 2 heterocycles. The van der Waals surface area contributed by atoms with Crippen LogP contribution < -0.4 is 9.62 Å². The second kappa shape index (κ2) is 6.44. The molecule has 0 saturated carbocycles. The number of halogens is 2. The SMILES string of the molecule is CNS(=O)(=O)N1CCCN(c2c(Cl)cncc2Cl)CC1. The molecule has 2 rings (SSSR count). The van der Waals surface area contributed by atoms with Crippen molar-refractivity contribution < 1.29 is 8.42 Å². The van der Waals surface area contributed by atoms with Gasteiger partial charge in [0.25, 0.3) is 10.2 Å². The summed E-state index contributed by atoms with van der Waals surface area (Å²) in [7, 11) is -1.98. The summed E-state index contributed by atoms with van der Waals surface area (Å²) in [4.78, 5) is 5.92. The van der Waals surface area contributed by atoms with Crippen molar-refractivity contribution in [1.29, 1.82) is 0 Å². The highest BCUT2D eigenvalue weighted by atomic mass is 35.5. The maximum Gasteiger partial charge on any atom is 0.279 e. The summed E-state index contributed by atoms with van der Waals surface area (Å²) < 4.78 is 27.4. The summed E-state index contributed by atoms with van der Waals surface area (Å²) in [5.41, 5.74) is 0.715. The van der Waals surface area contributed by atoms with E-state index in [-0.39, 0.29) is 0 Å². The molecule has 1 aliphatic rings. The van der Waals surface area contributed by atoms with Gasteiger partial charge in [-0.3, -0.25) is 4.98 Å². The summed E-state index contributed by atoms with van der Waals surface area (Å²) in [6, 6.07) is 0. The molecule has 9 heteroatoms. The minimum atomic E-state index is -3.39. The second-order valence-electron chi connectivity index (χ2n) is 4.40. The largest absolute Gasteiger partial charge is 0.368 e. The lowest BCUT2D eigenvalue weighted by molar-refractivity contribution is 0.427. The van der Waals surface area contributed by atoms with Crippen LogP contribution in [0.25, 0.3) is 0 Å². The zero-order valence-corrected chi connectivity index (χ0v) is 13.3. The fourth-order valence-electron chi connectivity index (χ4n) is 2.19. The molecule has 0 bridgehead atoms. The predicted octanol–water partition coefficient (Wildman–Crippen LogP) is 1.36. The fraction of sp³-hybridized carbons (Fsp3) is 0.545. The van der Waals surface area contributed by atoms with E-state index in [1.807, 2.05) is 4.90 Å². The zero-order valence-electron chi connectivity index (χ0n) is 11.0. The third-order valence-electron chi connectivity index (χ3n) is 3.20. The molecule has 1 aromatic heterocycles. The molecule has 1 fully saturated rings. The quantitative estimate of drug-likeness (QED) is 0.903. The molecule has 0 amide bonds. The molecular weight excluding hydrogens is 323 g/mol. The molecule has 1 N–H and O–H groups in total. The van der Waals surface area contributed by atoms with Crippen molar-refractivity contribution in [3.63, 3.8) is 0 Å². The van der Waals surface area contributed by atoms with Gasteiger partial charge in [-0.15, -0.1) is 0 Å². The summed E-state index contributed by atoms with van der Waals surface area (Å²) in [6.07, 6.45) is 3.78. The van der Waals surface area contributed by atoms with E-state index < -0.39 is 10.2 Å². The number of anilines is 1. The average Bonchev–Trinajstić information content (AvgIpc) is 2.65. The second-order valence-corrected chi connectivity index (χ2v) is 7.09. The molecule has 1 aliphatic heterocycles. The Morgan fingerprint density at radius 1 is 1.15 bits per heavy atom. The molecule has 0 spiro atoms. The first kappa shape index (κ1) is 15.8. The monoisotopic (exact) mass is 338 g/mol. The number of aromatic nitrogens is 1. The number of nitrogens with zero attached hydrogens (tertiary/aromatic N) is 3. The number of hydrogen-bond donors (Lipinski definition) is 1. The van der Waals surface area contributed by atoms with Crippen LogP contribution in [0, 0.1) is 0 Å². The fourth-order valence-corrected chi connectivity index (χ4v) is 3.75. The van der Waals surface area contributed by atoms with Crippen molar-refractivity contribution in [2.75, 3.05) is 38.1 Å². The average molecular weight is 339 g/mol. The Labute approximate surface area is 128 Å². The van der Waals surface area contributed by atoms with Gasteiger partial charge in [0.05, 0.1) is 15.7 Å². The number of hydrogen-bond acceptors (Lipinski definition) is 4. The van der Waals surface area contributed by atoms with E-state index in [9.17, 15) is 8.42 Å². The van der Waals surface area contributed by atoms with Gasteiger partial charge in [0.15, 0.2) is 0 Å². The van der Waals surface area contributed by atoms with Crippen molar-refractivity contribution >= 4 is 39.1 Å². The van der Waals surface area contributed by atoms with Crippen LogP contribution >= 0.6 is 23.2 Å². The van der Waals surface area contributed by atoms with E-state index >= 15 is 0 Å². The maximum absolute atomic E-state index is 11.8. The highest BCUT2D eigenvalue weighted by Gasteiger charge is 2.25. The zero-order chi connectivity index (χ0) is 14.8. The molecule has 0 aliphatic carbocycles. The van der Waals surface area contributed by atoms with Crippen LogP contribution in [0.3, 0.4) is 0 Å². The lowest BCUT2D eigenvalue weighted by atomic mass is 10.3. The maximum atomic E-state index is 11.8. The highest BCUT2D eigenvalue weighted by molar-refractivity contribution is 7.87. The lowest BCUT2D eigenvalue weighted by Gasteiger charge is -2.25. The van der Waals surface area contributed by atoms with Crippen molar-refractivity contribution in [2.24, 2.45) is 0 Å². The first-order valence-electron chi connectivity index (χ1n) is 6.18. The summed E-state index contributed by atoms with van der Waals surface area (Å²) in [5, 5.41) is 0.949. The van der Waals surface area contributed by atoms with E-state index in [0.717, 1.165) is 0 Å². The molecular formula is C11H16Cl2N4O2S. The van der Waals surface area contributed by atoms with Crippen molar-refractivity contribution in [3.05, 3.63) is 22.4 Å². The molecule has 0 radical (unpaired) electrons. The molecule has 0 aromatic carbocycles. The lowest BCUT2D eigenvalue weighted by Crippen LogP contribution is -2.41. The van der Waals surface area contributed by atoms with Gasteiger partial charge in [0.1, 0.15) is 0 Å². The first-order valence-corrected chi connectivity index (χ1v) is 8.38. The number of rotatable bonds is 3. The van der Waals surface area contributed by atoms with Gasteiger partial charge in [-0.1, -0.05) is 23.2 Å². The first-order chi connectivity index (χ1) is 9.45. The van der Waals surface area contributed by atoms with E-state index in [2.05, 4.69) is 9.71 Å². The Bertz CT molecular complexity index is 562. The van der Waals surface area contributed by atoms with Crippen LogP contribution in [0.2, 0.25) is 10.0 Å². The Morgan fingerprint density at radius 3 is 2.40 bits per heavy atom. The van der Waals surface area contributed by atoms with Gasteiger partial charge in [-0.25, -0.2) is 4.72 Å². The Hall–Kier alpha value is -0.600. The molecule has 0 unspecified atom stereocenters. The van der Waals surface area contributed by atoms with Gasteiger partial charge in [0.2, 0.25) is 0 Å². The summed E-state index contributed by atoms with van der Waals surface area (Å²) >= 11 is 12.3. The topological polar surface area (TPSA) is 65.5 Å². The van der Waals surface area contributed by atoms with E-state index in [1.165, 1.54) is 23.7 Å². The predicted molar refractivity (Wildman–Crippen MR) is 80.6 cm³/mol. The van der Waals surface area contributed by atoms with Crippen LogP contribution in [0.4, 0.5) is 5.69 Å². The third-order valence-corrected chi connectivity index (χ3v) is 5.31. The van der Waals surface area contributed by atoms with Crippen LogP contribution in [-0.4, -0.2) is 50.9 Å². The van der Waals surface area contributed by atoms with Gasteiger partial charge >= 0.3 is 0 Å². The normalized spacial score (nSPS) is 18.1. The Morgan fingerprint density at radius 2 is 1.80 bits per heavy atom. The van der Waals surface area contributed by atoms with E-state index in [4.69, 9.17) is 23.2 Å². The Kier molecular flexibility index (Phi) is 5.09. The van der Waals surface area contributed by atoms with Crippen molar-refractivity contribution in [3.8, 4) is 0 Å². The van der Waals surface area contributed by atoms with E-state index in [0.29, 0.717) is 48.3 Å². The standard InChI is InChI=1S/C11H16Cl2N4O2S/c1-14-20(18,19)17-4-2-3-16(5-6-17)11-9(12)7-15-8-10(11)13/h7-8,14H,2-6H2,1H3.